The van der Waals surface area contributed by atoms with Crippen molar-refractivity contribution in [3.05, 3.63) is 0 Å². The summed E-state index contributed by atoms with van der Waals surface area (Å²) in [5.41, 5.74) is 0. The third-order valence-corrected chi connectivity index (χ3v) is 4.27. The van der Waals surface area contributed by atoms with Gasteiger partial charge in [-0.25, -0.2) is 9.59 Å². The van der Waals surface area contributed by atoms with Gasteiger partial charge in [-0.3, -0.25) is 0 Å². The van der Waals surface area contributed by atoms with Crippen LogP contribution in [-0.4, -0.2) is 52.3 Å². The van der Waals surface area contributed by atoms with E-state index in [1.165, 1.54) is 0 Å². The fraction of sp³-hybridized carbons (Fsp3) is 0.857. The van der Waals surface area contributed by atoms with E-state index in [0.717, 1.165) is 12.8 Å². The highest BCUT2D eigenvalue weighted by atomic mass is 16.4. The molecule has 0 aromatic carbocycles. The summed E-state index contributed by atoms with van der Waals surface area (Å²) < 4.78 is 0. The van der Waals surface area contributed by atoms with Crippen LogP contribution in [0.25, 0.3) is 0 Å². The second-order valence-electron chi connectivity index (χ2n) is 5.72. The molecule has 0 aromatic rings. The second kappa shape index (κ2) is 7.47. The van der Waals surface area contributed by atoms with E-state index in [0.29, 0.717) is 19.5 Å². The Labute approximate surface area is 120 Å². The minimum absolute atomic E-state index is 0.105. The highest BCUT2D eigenvalue weighted by Gasteiger charge is 2.30. The highest BCUT2D eigenvalue weighted by Crippen LogP contribution is 2.20. The normalized spacial score (nSPS) is 21.1. The Kier molecular flexibility index (Phi) is 6.26. The molecule has 0 aromatic heterocycles. The Balaban J connectivity index is 2.52. The van der Waals surface area contributed by atoms with Gasteiger partial charge in [0.1, 0.15) is 6.04 Å². The molecule has 0 saturated carbocycles. The van der Waals surface area contributed by atoms with Crippen LogP contribution in [0.3, 0.4) is 0 Å². The van der Waals surface area contributed by atoms with Gasteiger partial charge in [-0.1, -0.05) is 20.3 Å². The van der Waals surface area contributed by atoms with Gasteiger partial charge in [-0.2, -0.15) is 0 Å². The number of rotatable bonds is 5. The zero-order valence-electron chi connectivity index (χ0n) is 12.5. The zero-order chi connectivity index (χ0) is 15.3. The molecule has 1 aliphatic rings. The fourth-order valence-corrected chi connectivity index (χ4v) is 2.49. The molecule has 6 nitrogen and oxygen atoms in total. The number of carbonyl (C=O) groups is 2. The van der Waals surface area contributed by atoms with Gasteiger partial charge in [0.15, 0.2) is 0 Å². The average Bonchev–Trinajstić information content (AvgIpc) is 2.43. The van der Waals surface area contributed by atoms with Gasteiger partial charge in [0.2, 0.25) is 0 Å². The van der Waals surface area contributed by atoms with Crippen LogP contribution < -0.4 is 5.32 Å². The molecule has 116 valence electrons. The number of nitrogens with zero attached hydrogens (tertiary/aromatic N) is 1. The van der Waals surface area contributed by atoms with Gasteiger partial charge < -0.3 is 20.4 Å². The zero-order valence-corrected chi connectivity index (χ0v) is 12.5. The molecule has 3 N–H and O–H groups in total. The average molecular weight is 286 g/mol. The summed E-state index contributed by atoms with van der Waals surface area (Å²) in [6.45, 7) is 6.62. The SMILES string of the molecule is CCC(C)[C@H](NC(=O)N1CCC(C(C)O)CC1)C(=O)O. The predicted molar refractivity (Wildman–Crippen MR) is 75.4 cm³/mol. The summed E-state index contributed by atoms with van der Waals surface area (Å²) in [5, 5.41) is 21.3. The quantitative estimate of drug-likeness (QED) is 0.710. The summed E-state index contributed by atoms with van der Waals surface area (Å²) in [6, 6.07) is -1.16. The lowest BCUT2D eigenvalue weighted by Gasteiger charge is -2.34. The van der Waals surface area contributed by atoms with E-state index in [1.807, 2.05) is 13.8 Å². The molecule has 6 heteroatoms. The van der Waals surface area contributed by atoms with E-state index < -0.39 is 12.0 Å². The first-order valence-electron chi connectivity index (χ1n) is 7.33. The topological polar surface area (TPSA) is 89.9 Å². The van der Waals surface area contributed by atoms with E-state index in [9.17, 15) is 19.8 Å². The molecule has 2 unspecified atom stereocenters. The minimum atomic E-state index is -0.994. The minimum Gasteiger partial charge on any atom is -0.480 e. The van der Waals surface area contributed by atoms with E-state index in [1.54, 1.807) is 11.8 Å². The Hall–Kier alpha value is -1.30. The van der Waals surface area contributed by atoms with E-state index in [4.69, 9.17) is 0 Å². The summed E-state index contributed by atoms with van der Waals surface area (Å²) >= 11 is 0. The van der Waals surface area contributed by atoms with Crippen LogP contribution >= 0.6 is 0 Å². The van der Waals surface area contributed by atoms with Crippen LogP contribution in [0.15, 0.2) is 0 Å². The number of hydrogen-bond acceptors (Lipinski definition) is 3. The molecule has 0 spiro atoms. The van der Waals surface area contributed by atoms with Crippen molar-refractivity contribution in [3.63, 3.8) is 0 Å². The van der Waals surface area contributed by atoms with Crippen molar-refractivity contribution < 1.29 is 19.8 Å². The van der Waals surface area contributed by atoms with Gasteiger partial charge in [-0.05, 0) is 31.6 Å². The molecule has 1 rings (SSSR count). The number of amides is 2. The summed E-state index contributed by atoms with van der Waals surface area (Å²) in [6.07, 6.45) is 1.85. The predicted octanol–water partition coefficient (Wildman–Crippen LogP) is 1.29. The van der Waals surface area contributed by atoms with Crippen LogP contribution in [0.4, 0.5) is 4.79 Å². The first kappa shape index (κ1) is 16.8. The van der Waals surface area contributed by atoms with Crippen LogP contribution in [0, 0.1) is 11.8 Å². The van der Waals surface area contributed by atoms with Crippen molar-refractivity contribution in [3.8, 4) is 0 Å². The van der Waals surface area contributed by atoms with Crippen molar-refractivity contribution in [2.45, 2.75) is 52.2 Å². The van der Waals surface area contributed by atoms with Gasteiger partial charge in [0, 0.05) is 13.1 Å². The standard InChI is InChI=1S/C14H26N2O4/c1-4-9(2)12(13(18)19)15-14(20)16-7-5-11(6-8-16)10(3)17/h9-12,17H,4-8H2,1-3H3,(H,15,20)(H,18,19)/t9?,10?,12-/m0/s1. The lowest BCUT2D eigenvalue weighted by atomic mass is 9.92. The molecule has 0 bridgehead atoms. The molecule has 1 heterocycles. The number of nitrogens with one attached hydrogen (secondary N) is 1. The Morgan fingerprint density at radius 1 is 1.30 bits per heavy atom. The molecular formula is C14H26N2O4. The number of urea groups is 1. The molecular weight excluding hydrogens is 260 g/mol. The molecule has 20 heavy (non-hydrogen) atoms. The Bertz CT molecular complexity index is 338. The van der Waals surface area contributed by atoms with Crippen LogP contribution in [-0.2, 0) is 4.79 Å². The summed E-state index contributed by atoms with van der Waals surface area (Å²) in [7, 11) is 0. The maximum Gasteiger partial charge on any atom is 0.326 e. The number of carboxylic acid groups (broad SMARTS) is 1. The number of likely N-dealkylation sites (tertiary alicyclic amines) is 1. The summed E-state index contributed by atoms with van der Waals surface area (Å²) in [5.74, 6) is -0.873. The van der Waals surface area contributed by atoms with E-state index in [2.05, 4.69) is 5.32 Å². The first-order chi connectivity index (χ1) is 9.36. The van der Waals surface area contributed by atoms with Crippen molar-refractivity contribution in [2.24, 2.45) is 11.8 Å². The number of carbonyl (C=O) groups excluding carboxylic acids is 1. The molecule has 1 fully saturated rings. The van der Waals surface area contributed by atoms with Crippen molar-refractivity contribution in [1.82, 2.24) is 10.2 Å². The Morgan fingerprint density at radius 2 is 1.85 bits per heavy atom. The number of carboxylic acids is 1. The number of aliphatic carboxylic acids is 1. The molecule has 0 aliphatic carbocycles. The number of piperidine rings is 1. The molecule has 3 atom stereocenters. The van der Waals surface area contributed by atoms with Crippen LogP contribution in [0.1, 0.15) is 40.0 Å². The third-order valence-electron chi connectivity index (χ3n) is 4.27. The first-order valence-corrected chi connectivity index (χ1v) is 7.33. The number of hydrogen-bond donors (Lipinski definition) is 3. The molecule has 1 saturated heterocycles. The van der Waals surface area contributed by atoms with Crippen LogP contribution in [0.5, 0.6) is 0 Å². The van der Waals surface area contributed by atoms with Crippen molar-refractivity contribution in [2.75, 3.05) is 13.1 Å². The largest absolute Gasteiger partial charge is 0.480 e. The Morgan fingerprint density at radius 3 is 2.25 bits per heavy atom. The van der Waals surface area contributed by atoms with Crippen molar-refractivity contribution >= 4 is 12.0 Å². The summed E-state index contributed by atoms with van der Waals surface area (Å²) in [4.78, 5) is 24.9. The van der Waals surface area contributed by atoms with Crippen LogP contribution in [0.2, 0.25) is 0 Å². The molecule has 1 aliphatic heterocycles. The number of aliphatic hydroxyl groups excluding tert-OH is 1. The van der Waals surface area contributed by atoms with E-state index in [-0.39, 0.29) is 24.0 Å². The van der Waals surface area contributed by atoms with Gasteiger partial charge in [0.25, 0.3) is 0 Å². The lowest BCUT2D eigenvalue weighted by Crippen LogP contribution is -2.52. The maximum absolute atomic E-state index is 12.1. The monoisotopic (exact) mass is 286 g/mol. The van der Waals surface area contributed by atoms with E-state index >= 15 is 0 Å². The van der Waals surface area contributed by atoms with Gasteiger partial charge in [-0.15, -0.1) is 0 Å². The molecule has 2 amide bonds. The highest BCUT2D eigenvalue weighted by molar-refractivity contribution is 5.82. The van der Waals surface area contributed by atoms with Gasteiger partial charge in [0.05, 0.1) is 6.10 Å². The maximum atomic E-state index is 12.1. The third kappa shape index (κ3) is 4.37. The van der Waals surface area contributed by atoms with Gasteiger partial charge >= 0.3 is 12.0 Å². The fourth-order valence-electron chi connectivity index (χ4n) is 2.49. The smallest absolute Gasteiger partial charge is 0.326 e. The van der Waals surface area contributed by atoms with Crippen molar-refractivity contribution in [1.29, 1.82) is 0 Å². The lowest BCUT2D eigenvalue weighted by molar-refractivity contribution is -0.140. The molecule has 0 radical (unpaired) electrons. The second-order valence-corrected chi connectivity index (χ2v) is 5.72. The number of aliphatic hydroxyl groups is 1.